The van der Waals surface area contributed by atoms with Crippen LogP contribution in [0.1, 0.15) is 20.7 Å². The van der Waals surface area contributed by atoms with Crippen LogP contribution in [0.5, 0.6) is 0 Å². The van der Waals surface area contributed by atoms with E-state index in [1.165, 1.54) is 36.4 Å². The topological polar surface area (TPSA) is 426 Å². The second kappa shape index (κ2) is 26.9. The third kappa shape index (κ3) is 17.3. The summed E-state index contributed by atoms with van der Waals surface area (Å²) in [5.74, 6) is -2.14. The Morgan fingerprint density at radius 3 is 0.931 bits per heavy atom. The normalized spacial score (nSPS) is 11.6. The molecule has 348 valence electrons. The van der Waals surface area contributed by atoms with Gasteiger partial charge in [0.1, 0.15) is 19.6 Å². The van der Waals surface area contributed by atoms with Crippen LogP contribution in [-0.2, 0) is 60.7 Å². The molecule has 6 rings (SSSR count). The number of fused-ring (bicyclic) bond motifs is 2. The summed E-state index contributed by atoms with van der Waals surface area (Å²) in [5, 5.41) is 5.95. The molecule has 0 fully saturated rings. The van der Waals surface area contributed by atoms with Crippen molar-refractivity contribution in [3.63, 3.8) is 0 Å². The molecule has 0 bridgehead atoms. The molecule has 6 aromatic carbocycles. The van der Waals surface area contributed by atoms with Crippen molar-refractivity contribution in [2.75, 3.05) is 21.3 Å². The van der Waals surface area contributed by atoms with E-state index in [0.717, 1.165) is 24.3 Å². The van der Waals surface area contributed by atoms with Gasteiger partial charge in [0.05, 0.1) is 21.2 Å². The van der Waals surface area contributed by atoms with Crippen molar-refractivity contribution < 1.29 is 270 Å². The van der Waals surface area contributed by atoms with E-state index in [9.17, 15) is 92.2 Å². The van der Waals surface area contributed by atoms with E-state index >= 15 is 0 Å². The molecule has 0 saturated carbocycles. The Morgan fingerprint density at radius 1 is 0.347 bits per heavy atom. The molecule has 6 aromatic rings. The van der Waals surface area contributed by atoms with Gasteiger partial charge in [0.25, 0.3) is 72.5 Å². The molecule has 25 nitrogen and oxygen atoms in total. The SMILES string of the molecule is O=C(Nc1cccc(C(=O)Nc2ccc(S(=O)(=O)O)c3cc(S(=O)(=O)O)cc(S(=O)(=O)O)c23)c1)Nc1cccc(C(=O)Nc2ccc(S(=O)(=O)O)c3cc(S(=O)(=O)O)cc(S(=O)(=O)O)c23)c1.[Na+].[Na+].[Na+].[Na+].[Na+].[Na+]. The Kier molecular flexibility index (Phi) is 26.7. The van der Waals surface area contributed by atoms with E-state index in [2.05, 4.69) is 21.3 Å². The first-order valence-corrected chi connectivity index (χ1v) is 25.8. The van der Waals surface area contributed by atoms with Crippen molar-refractivity contribution in [1.29, 1.82) is 0 Å². The molecule has 72 heavy (non-hydrogen) atoms. The number of hydrogen-bond donors (Lipinski definition) is 10. The van der Waals surface area contributed by atoms with Gasteiger partial charge in [-0.2, -0.15) is 50.5 Å². The van der Waals surface area contributed by atoms with Crippen LogP contribution in [0.15, 0.2) is 126 Å². The first-order valence-electron chi connectivity index (χ1n) is 17.2. The predicted octanol–water partition coefficient (Wildman–Crippen LogP) is -14.4. The van der Waals surface area contributed by atoms with Crippen LogP contribution in [0.4, 0.5) is 27.5 Å². The first-order chi connectivity index (χ1) is 30.2. The number of amides is 4. The zero-order chi connectivity index (χ0) is 49.1. The zero-order valence-corrected chi connectivity index (χ0v) is 54.9. The maximum absolute atomic E-state index is 13.4. The quantitative estimate of drug-likeness (QED) is 0.0402. The number of anilines is 4. The standard InChI is InChI=1S/C35H26N4O21S6.6Na/c40-33(38-25-7-9-27(63(49,50)51)23-13-21(61(43,44)45)15-29(31(23)25)65(55,56)57)17-3-1-5-19(11-17)36-35(42)37-20-6-2-4-18(12-20)34(41)39-26-8-10-28(64(52,53)54)24-14-22(62(46,47)48)16-30(32(24)26)66(58,59)60;;;;;;/h1-16H,(H,38,40)(H,39,41)(H2,36,37,42)(H,43,44,45)(H,46,47,48)(H,49,50,51)(H,52,53,54)(H,55,56,57)(H,58,59,60);;;;;;/q;6*+1. The second-order valence-electron chi connectivity index (χ2n) is 13.4. The van der Waals surface area contributed by atoms with Crippen molar-refractivity contribution in [3.05, 3.63) is 108 Å². The molecule has 4 amide bonds. The number of benzene rings is 6. The minimum absolute atomic E-state index is 0. The summed E-state index contributed by atoms with van der Waals surface area (Å²) in [6.45, 7) is 0. The predicted molar refractivity (Wildman–Crippen MR) is 228 cm³/mol. The summed E-state index contributed by atoms with van der Waals surface area (Å²) in [6, 6.07) is 13.1. The summed E-state index contributed by atoms with van der Waals surface area (Å²) in [4.78, 5) is 32.8. The fraction of sp³-hybridized carbons (Fsp3) is 0. The average Bonchev–Trinajstić information content (AvgIpc) is 3.17. The largest absolute Gasteiger partial charge is 1.00 e. The van der Waals surface area contributed by atoms with Crippen molar-refractivity contribution in [3.8, 4) is 0 Å². The Morgan fingerprint density at radius 2 is 0.653 bits per heavy atom. The Balaban J connectivity index is 0.00000840. The molecular weight excluding hydrogens is 1140 g/mol. The van der Waals surface area contributed by atoms with Gasteiger partial charge in [-0.3, -0.25) is 36.9 Å². The molecule has 0 aliphatic rings. The van der Waals surface area contributed by atoms with Crippen LogP contribution in [0.2, 0.25) is 0 Å². The first kappa shape index (κ1) is 71.5. The summed E-state index contributed by atoms with van der Waals surface area (Å²) < 4.78 is 204. The third-order valence-corrected chi connectivity index (χ3v) is 14.2. The Hall–Kier alpha value is -0.490. The number of carbonyl (C=O) groups excluding carboxylic acids is 3. The molecule has 0 atom stereocenters. The number of urea groups is 1. The summed E-state index contributed by atoms with van der Waals surface area (Å²) >= 11 is 0. The minimum Gasteiger partial charge on any atom is -0.321 e. The number of carbonyl (C=O) groups is 3. The van der Waals surface area contributed by atoms with E-state index in [1.54, 1.807) is 0 Å². The number of nitrogens with one attached hydrogen (secondary N) is 4. The van der Waals surface area contributed by atoms with Gasteiger partial charge in [0.2, 0.25) is 0 Å². The van der Waals surface area contributed by atoms with E-state index in [4.69, 9.17) is 0 Å². The second-order valence-corrected chi connectivity index (χ2v) is 21.8. The summed E-state index contributed by atoms with van der Waals surface area (Å²) in [7, 11) is -31.9. The van der Waals surface area contributed by atoms with Gasteiger partial charge in [-0.1, -0.05) is 12.1 Å². The third-order valence-electron chi connectivity index (χ3n) is 8.99. The fourth-order valence-corrected chi connectivity index (χ4v) is 10.4. The monoisotopic (exact) mass is 1170 g/mol. The van der Waals surface area contributed by atoms with E-state index < -0.39 is 141 Å². The van der Waals surface area contributed by atoms with Crippen LogP contribution in [0.3, 0.4) is 0 Å². The molecule has 0 aromatic heterocycles. The Labute approximate surface area is 542 Å². The molecule has 0 spiro atoms. The summed E-state index contributed by atoms with van der Waals surface area (Å²) in [5.41, 5.74) is -1.78. The molecule has 0 radical (unpaired) electrons. The molecule has 0 unspecified atom stereocenters. The minimum atomic E-state index is -5.45. The van der Waals surface area contributed by atoms with Crippen LogP contribution in [-0.4, -0.2) is 95.7 Å². The molecule has 0 aliphatic carbocycles. The smallest absolute Gasteiger partial charge is 0.321 e. The van der Waals surface area contributed by atoms with Gasteiger partial charge >= 0.3 is 183 Å². The van der Waals surface area contributed by atoms with Crippen molar-refractivity contribution in [2.45, 2.75) is 29.4 Å². The Bertz CT molecular complexity index is 3610. The molecule has 37 heteroatoms. The van der Waals surface area contributed by atoms with Crippen molar-refractivity contribution in [2.24, 2.45) is 0 Å². The molecule has 10 N–H and O–H groups in total. The van der Waals surface area contributed by atoms with Crippen LogP contribution < -0.4 is 199 Å². The van der Waals surface area contributed by atoms with E-state index in [1.807, 2.05) is 0 Å². The maximum Gasteiger partial charge on any atom is 1.00 e. The van der Waals surface area contributed by atoms with Gasteiger partial charge < -0.3 is 21.3 Å². The van der Waals surface area contributed by atoms with E-state index in [0.29, 0.717) is 24.3 Å². The van der Waals surface area contributed by atoms with Gasteiger partial charge in [0, 0.05) is 44.0 Å². The number of hydrogen-bond acceptors (Lipinski definition) is 15. The zero-order valence-electron chi connectivity index (χ0n) is 38.0. The van der Waals surface area contributed by atoms with Gasteiger partial charge in [-0.05, 0) is 84.9 Å². The van der Waals surface area contributed by atoms with Crippen molar-refractivity contribution >= 4 is 123 Å². The van der Waals surface area contributed by atoms with Gasteiger partial charge in [-0.15, -0.1) is 0 Å². The molecule has 0 saturated heterocycles. The van der Waals surface area contributed by atoms with Crippen LogP contribution in [0, 0.1) is 0 Å². The summed E-state index contributed by atoms with van der Waals surface area (Å²) in [6.07, 6.45) is 0. The molecule has 0 aliphatic heterocycles. The van der Waals surface area contributed by atoms with Gasteiger partial charge in [-0.25, -0.2) is 4.79 Å². The fourth-order valence-electron chi connectivity index (χ4n) is 6.31. The molecule has 0 heterocycles. The van der Waals surface area contributed by atoms with Crippen LogP contribution in [0.25, 0.3) is 21.5 Å². The van der Waals surface area contributed by atoms with Gasteiger partial charge in [0.15, 0.2) is 0 Å². The van der Waals surface area contributed by atoms with E-state index in [-0.39, 0.29) is 212 Å². The van der Waals surface area contributed by atoms with Crippen molar-refractivity contribution in [1.82, 2.24) is 0 Å². The average molecular weight is 1170 g/mol. The maximum atomic E-state index is 13.4. The number of rotatable bonds is 12. The van der Waals surface area contributed by atoms with Crippen LogP contribution >= 0.6 is 0 Å². The molecular formula is C35H26N4Na6O21S6+6.